The van der Waals surface area contributed by atoms with Crippen LogP contribution in [0.1, 0.15) is 28.4 Å². The van der Waals surface area contributed by atoms with Gasteiger partial charge in [-0.25, -0.2) is 0 Å². The Bertz CT molecular complexity index is 1330. The second-order valence-electron chi connectivity index (χ2n) is 8.27. The minimum atomic E-state index is -1.92. The van der Waals surface area contributed by atoms with Crippen LogP contribution in [-0.4, -0.2) is 16.8 Å². The van der Waals surface area contributed by atoms with Crippen LogP contribution in [0.15, 0.2) is 97.1 Å². The van der Waals surface area contributed by atoms with E-state index in [0.29, 0.717) is 23.4 Å². The van der Waals surface area contributed by atoms with Crippen molar-refractivity contribution in [1.29, 1.82) is 0 Å². The lowest BCUT2D eigenvalue weighted by atomic mass is 9.79. The Labute approximate surface area is 186 Å². The van der Waals surface area contributed by atoms with Crippen molar-refractivity contribution >= 4 is 28.2 Å². The van der Waals surface area contributed by atoms with Crippen LogP contribution < -0.4 is 4.90 Å². The first-order valence-corrected chi connectivity index (χ1v) is 10.7. The number of carbonyl (C=O) groups is 2. The van der Waals surface area contributed by atoms with Gasteiger partial charge in [0.05, 0.1) is 18.2 Å². The minimum Gasteiger partial charge on any atom is -0.375 e. The van der Waals surface area contributed by atoms with E-state index in [1.807, 2.05) is 60.7 Å². The van der Waals surface area contributed by atoms with E-state index >= 15 is 0 Å². The van der Waals surface area contributed by atoms with Gasteiger partial charge in [0.25, 0.3) is 5.91 Å². The number of carbonyl (C=O) groups excluding carboxylic acids is 2. The van der Waals surface area contributed by atoms with Gasteiger partial charge in [0.1, 0.15) is 0 Å². The number of anilines is 1. The van der Waals surface area contributed by atoms with Crippen LogP contribution in [0.4, 0.5) is 5.69 Å². The zero-order valence-corrected chi connectivity index (χ0v) is 17.7. The number of hydrogen-bond donors (Lipinski definition) is 1. The second-order valence-corrected chi connectivity index (χ2v) is 8.27. The number of amides is 1. The molecular weight excluding hydrogens is 398 g/mol. The first-order chi connectivity index (χ1) is 15.5. The third-order valence-electron chi connectivity index (χ3n) is 6.46. The standard InChI is InChI=1S/C28H23NO3/c1-19(26(30)21-11-3-2-4-12-21)28(32)24-16-7-8-17-25(24)29(27(28)31)18-22-14-9-13-20-10-5-6-15-23(20)22/h2-17,19,32H,18H2,1H3/t19-,28-/m1/s1. The Kier molecular flexibility index (Phi) is 4.87. The van der Waals surface area contributed by atoms with Crippen LogP contribution in [0, 0.1) is 5.92 Å². The molecule has 4 aromatic carbocycles. The fraction of sp³-hybridized carbons (Fsp3) is 0.143. The van der Waals surface area contributed by atoms with E-state index in [1.165, 1.54) is 0 Å². The smallest absolute Gasteiger partial charge is 0.264 e. The maximum Gasteiger partial charge on any atom is 0.264 e. The zero-order valence-electron chi connectivity index (χ0n) is 17.7. The Morgan fingerprint density at radius 2 is 1.53 bits per heavy atom. The lowest BCUT2D eigenvalue weighted by Gasteiger charge is -2.28. The van der Waals surface area contributed by atoms with Crippen molar-refractivity contribution in [3.8, 4) is 0 Å². The van der Waals surface area contributed by atoms with Crippen molar-refractivity contribution in [2.24, 2.45) is 5.92 Å². The molecule has 2 atom stereocenters. The monoisotopic (exact) mass is 421 g/mol. The summed E-state index contributed by atoms with van der Waals surface area (Å²) in [6.45, 7) is 1.94. The molecule has 4 aromatic rings. The van der Waals surface area contributed by atoms with Gasteiger partial charge in [-0.15, -0.1) is 0 Å². The quantitative estimate of drug-likeness (QED) is 0.457. The average Bonchev–Trinajstić information content (AvgIpc) is 3.06. The normalized spacial score (nSPS) is 18.6. The molecule has 0 saturated carbocycles. The summed E-state index contributed by atoms with van der Waals surface area (Å²) in [6.07, 6.45) is 0. The third kappa shape index (κ3) is 3.03. The number of benzene rings is 4. The molecule has 4 heteroatoms. The van der Waals surface area contributed by atoms with Gasteiger partial charge in [-0.3, -0.25) is 9.59 Å². The molecule has 0 bridgehead atoms. The zero-order chi connectivity index (χ0) is 22.3. The van der Waals surface area contributed by atoms with Crippen LogP contribution in [0.3, 0.4) is 0 Å². The summed E-state index contributed by atoms with van der Waals surface area (Å²) in [6, 6.07) is 30.0. The summed E-state index contributed by atoms with van der Waals surface area (Å²) in [7, 11) is 0. The second kappa shape index (κ2) is 7.74. The van der Waals surface area contributed by atoms with Crippen LogP contribution in [0.5, 0.6) is 0 Å². The van der Waals surface area contributed by atoms with E-state index in [9.17, 15) is 14.7 Å². The van der Waals surface area contributed by atoms with Gasteiger partial charge in [0.2, 0.25) is 0 Å². The molecule has 0 unspecified atom stereocenters. The molecule has 0 saturated heterocycles. The molecule has 4 nitrogen and oxygen atoms in total. The Morgan fingerprint density at radius 1 is 0.875 bits per heavy atom. The summed E-state index contributed by atoms with van der Waals surface area (Å²) in [5, 5.41) is 13.9. The maximum absolute atomic E-state index is 13.7. The van der Waals surface area contributed by atoms with Crippen molar-refractivity contribution in [3.63, 3.8) is 0 Å². The summed E-state index contributed by atoms with van der Waals surface area (Å²) in [5.74, 6) is -1.66. The van der Waals surface area contributed by atoms with Crippen molar-refractivity contribution < 1.29 is 14.7 Å². The number of Topliss-reactive ketones (excluding diaryl/α,β-unsaturated/α-hetero) is 1. The first-order valence-electron chi connectivity index (χ1n) is 10.7. The molecule has 1 amide bonds. The molecule has 1 N–H and O–H groups in total. The van der Waals surface area contributed by atoms with Crippen molar-refractivity contribution in [2.75, 3.05) is 4.90 Å². The number of ketones is 1. The molecule has 0 aromatic heterocycles. The maximum atomic E-state index is 13.7. The van der Waals surface area contributed by atoms with Gasteiger partial charge in [-0.05, 0) is 22.4 Å². The number of para-hydroxylation sites is 1. The number of nitrogens with zero attached hydrogens (tertiary/aromatic N) is 1. The van der Waals surface area contributed by atoms with Crippen LogP contribution in [0.2, 0.25) is 0 Å². The molecular formula is C28H23NO3. The first kappa shape index (κ1) is 20.2. The predicted molar refractivity (Wildman–Crippen MR) is 125 cm³/mol. The number of hydrogen-bond acceptors (Lipinski definition) is 3. The van der Waals surface area contributed by atoms with E-state index in [1.54, 1.807) is 48.2 Å². The van der Waals surface area contributed by atoms with Gasteiger partial charge in [0.15, 0.2) is 11.4 Å². The Hall–Kier alpha value is -3.76. The SMILES string of the molecule is C[C@H](C(=O)c1ccccc1)[C@]1(O)C(=O)N(Cc2cccc3ccccc23)c2ccccc21. The Balaban J connectivity index is 1.57. The highest BCUT2D eigenvalue weighted by Gasteiger charge is 2.55. The highest BCUT2D eigenvalue weighted by Crippen LogP contribution is 2.46. The van der Waals surface area contributed by atoms with Crippen molar-refractivity contribution in [2.45, 2.75) is 19.1 Å². The number of fused-ring (bicyclic) bond motifs is 2. The lowest BCUT2D eigenvalue weighted by molar-refractivity contribution is -0.139. The van der Waals surface area contributed by atoms with E-state index in [2.05, 4.69) is 0 Å². The molecule has 32 heavy (non-hydrogen) atoms. The molecule has 5 rings (SSSR count). The minimum absolute atomic E-state index is 0.261. The number of aliphatic hydroxyl groups is 1. The summed E-state index contributed by atoms with van der Waals surface area (Å²) in [4.78, 5) is 28.5. The van der Waals surface area contributed by atoms with Crippen molar-refractivity contribution in [1.82, 2.24) is 0 Å². The molecule has 1 aliphatic heterocycles. The summed E-state index contributed by atoms with van der Waals surface area (Å²) < 4.78 is 0. The summed E-state index contributed by atoms with van der Waals surface area (Å²) >= 11 is 0. The largest absolute Gasteiger partial charge is 0.375 e. The highest BCUT2D eigenvalue weighted by molar-refractivity contribution is 6.11. The van der Waals surface area contributed by atoms with E-state index in [-0.39, 0.29) is 5.78 Å². The summed E-state index contributed by atoms with van der Waals surface area (Å²) in [5.41, 5.74) is 0.653. The van der Waals surface area contributed by atoms with Crippen LogP contribution >= 0.6 is 0 Å². The van der Waals surface area contributed by atoms with Gasteiger partial charge < -0.3 is 10.0 Å². The van der Waals surface area contributed by atoms with E-state index in [0.717, 1.165) is 16.3 Å². The molecule has 0 spiro atoms. The van der Waals surface area contributed by atoms with Gasteiger partial charge >= 0.3 is 0 Å². The predicted octanol–water partition coefficient (Wildman–Crippen LogP) is 5.09. The van der Waals surface area contributed by atoms with E-state index in [4.69, 9.17) is 0 Å². The lowest BCUT2D eigenvalue weighted by Crippen LogP contribution is -2.47. The fourth-order valence-electron chi connectivity index (χ4n) is 4.68. The van der Waals surface area contributed by atoms with Crippen LogP contribution in [-0.2, 0) is 16.9 Å². The highest BCUT2D eigenvalue weighted by atomic mass is 16.3. The third-order valence-corrected chi connectivity index (χ3v) is 6.46. The van der Waals surface area contributed by atoms with Gasteiger partial charge in [-0.2, -0.15) is 0 Å². The van der Waals surface area contributed by atoms with Crippen molar-refractivity contribution in [3.05, 3.63) is 114 Å². The van der Waals surface area contributed by atoms with Gasteiger partial charge in [-0.1, -0.05) is 97.9 Å². The molecule has 0 fully saturated rings. The molecule has 158 valence electrons. The van der Waals surface area contributed by atoms with E-state index < -0.39 is 17.4 Å². The number of rotatable bonds is 5. The molecule has 1 heterocycles. The molecule has 1 aliphatic rings. The van der Waals surface area contributed by atoms with Gasteiger partial charge in [0, 0.05) is 11.1 Å². The molecule has 0 aliphatic carbocycles. The topological polar surface area (TPSA) is 57.6 Å². The van der Waals surface area contributed by atoms with Crippen LogP contribution in [0.25, 0.3) is 10.8 Å². The Morgan fingerprint density at radius 3 is 2.34 bits per heavy atom. The average molecular weight is 421 g/mol. The fourth-order valence-corrected chi connectivity index (χ4v) is 4.68. The molecule has 0 radical (unpaired) electrons.